The molecule has 0 atom stereocenters. The molecule has 0 saturated heterocycles. The van der Waals surface area contributed by atoms with E-state index in [1.54, 1.807) is 6.92 Å². The summed E-state index contributed by atoms with van der Waals surface area (Å²) in [7, 11) is 0. The van der Waals surface area contributed by atoms with E-state index >= 15 is 0 Å². The fourth-order valence-electron chi connectivity index (χ4n) is 0.862. The molecule has 1 aromatic heterocycles. The summed E-state index contributed by atoms with van der Waals surface area (Å²) in [5.74, 6) is 0. The van der Waals surface area contributed by atoms with E-state index in [1.807, 2.05) is 0 Å². The van der Waals surface area contributed by atoms with Crippen molar-refractivity contribution in [3.05, 3.63) is 23.8 Å². The quantitative estimate of drug-likeness (QED) is 0.654. The third kappa shape index (κ3) is 1.72. The summed E-state index contributed by atoms with van der Waals surface area (Å²) >= 11 is 0. The van der Waals surface area contributed by atoms with Gasteiger partial charge in [-0.3, -0.25) is 4.98 Å². The van der Waals surface area contributed by atoms with Crippen LogP contribution in [0.25, 0.3) is 0 Å². The molecule has 0 N–H and O–H groups in total. The second-order valence-corrected chi connectivity index (χ2v) is 2.20. The minimum atomic E-state index is -4.39. The zero-order chi connectivity index (χ0) is 9.19. The van der Waals surface area contributed by atoms with Crippen molar-refractivity contribution in [2.45, 2.75) is 19.5 Å². The molecule has 0 radical (unpaired) electrons. The van der Waals surface area contributed by atoms with Gasteiger partial charge in [0.05, 0.1) is 5.69 Å². The summed E-state index contributed by atoms with van der Waals surface area (Å²) in [5.41, 5.74) is -0.891. The molecule has 0 spiro atoms. The standard InChI is InChI=1S/C7H7F3N2/c1-2-5-6(7(8,9)10)12-4-3-11-5/h3-4H,2H2,1H3. The number of nitrogens with zero attached hydrogens (tertiary/aromatic N) is 2. The Morgan fingerprint density at radius 1 is 1.25 bits per heavy atom. The van der Waals surface area contributed by atoms with Gasteiger partial charge in [0, 0.05) is 12.4 Å². The van der Waals surface area contributed by atoms with E-state index in [2.05, 4.69) is 9.97 Å². The van der Waals surface area contributed by atoms with Crippen LogP contribution in [0, 0.1) is 0 Å². The second-order valence-electron chi connectivity index (χ2n) is 2.20. The van der Waals surface area contributed by atoms with Crippen LogP contribution in [0.5, 0.6) is 0 Å². The summed E-state index contributed by atoms with van der Waals surface area (Å²) < 4.78 is 36.4. The van der Waals surface area contributed by atoms with Crippen molar-refractivity contribution in [1.82, 2.24) is 9.97 Å². The first-order valence-corrected chi connectivity index (χ1v) is 3.42. The zero-order valence-electron chi connectivity index (χ0n) is 6.39. The van der Waals surface area contributed by atoms with E-state index in [0.29, 0.717) is 0 Å². The van der Waals surface area contributed by atoms with Gasteiger partial charge in [-0.1, -0.05) is 6.92 Å². The summed E-state index contributed by atoms with van der Waals surface area (Å²) in [6.45, 7) is 1.61. The Balaban J connectivity index is 3.14. The van der Waals surface area contributed by atoms with E-state index < -0.39 is 11.9 Å². The molecule has 2 nitrogen and oxygen atoms in total. The molecule has 0 aliphatic rings. The third-order valence-corrected chi connectivity index (χ3v) is 1.38. The molecule has 0 bridgehead atoms. The van der Waals surface area contributed by atoms with Crippen molar-refractivity contribution in [2.75, 3.05) is 0 Å². The average Bonchev–Trinajstić information content (AvgIpc) is 2.03. The number of hydrogen-bond acceptors (Lipinski definition) is 2. The summed E-state index contributed by atoms with van der Waals surface area (Å²) in [5, 5.41) is 0. The lowest BCUT2D eigenvalue weighted by Gasteiger charge is -2.07. The van der Waals surface area contributed by atoms with Crippen LogP contribution in [0.3, 0.4) is 0 Å². The van der Waals surface area contributed by atoms with Gasteiger partial charge in [-0.15, -0.1) is 0 Å². The van der Waals surface area contributed by atoms with E-state index in [4.69, 9.17) is 0 Å². The molecular formula is C7H7F3N2. The highest BCUT2D eigenvalue weighted by Gasteiger charge is 2.35. The van der Waals surface area contributed by atoms with Crippen LogP contribution >= 0.6 is 0 Å². The van der Waals surface area contributed by atoms with E-state index in [9.17, 15) is 13.2 Å². The monoisotopic (exact) mass is 176 g/mol. The van der Waals surface area contributed by atoms with Crippen molar-refractivity contribution in [3.63, 3.8) is 0 Å². The molecule has 1 heterocycles. The lowest BCUT2D eigenvalue weighted by molar-refractivity contribution is -0.142. The first-order chi connectivity index (χ1) is 5.55. The van der Waals surface area contributed by atoms with E-state index in [1.165, 1.54) is 6.20 Å². The minimum Gasteiger partial charge on any atom is -0.257 e. The Kier molecular flexibility index (Phi) is 2.30. The predicted octanol–water partition coefficient (Wildman–Crippen LogP) is 2.06. The van der Waals surface area contributed by atoms with Gasteiger partial charge in [0.25, 0.3) is 0 Å². The van der Waals surface area contributed by atoms with Crippen molar-refractivity contribution < 1.29 is 13.2 Å². The van der Waals surface area contributed by atoms with Crippen molar-refractivity contribution in [1.29, 1.82) is 0 Å². The smallest absolute Gasteiger partial charge is 0.257 e. The highest BCUT2D eigenvalue weighted by Crippen LogP contribution is 2.29. The van der Waals surface area contributed by atoms with Crippen LogP contribution in [0.15, 0.2) is 12.4 Å². The van der Waals surface area contributed by atoms with Crippen molar-refractivity contribution in [3.8, 4) is 0 Å². The average molecular weight is 176 g/mol. The van der Waals surface area contributed by atoms with Crippen molar-refractivity contribution >= 4 is 0 Å². The van der Waals surface area contributed by atoms with Crippen LogP contribution in [-0.2, 0) is 12.6 Å². The first kappa shape index (κ1) is 8.96. The third-order valence-electron chi connectivity index (χ3n) is 1.38. The van der Waals surface area contributed by atoms with Crippen molar-refractivity contribution in [2.24, 2.45) is 0 Å². The maximum absolute atomic E-state index is 12.1. The normalized spacial score (nSPS) is 11.7. The lowest BCUT2D eigenvalue weighted by Crippen LogP contribution is -2.12. The number of rotatable bonds is 1. The maximum Gasteiger partial charge on any atom is 0.435 e. The second kappa shape index (κ2) is 3.08. The Labute approximate surface area is 67.5 Å². The maximum atomic E-state index is 12.1. The minimum absolute atomic E-state index is 0.00926. The largest absolute Gasteiger partial charge is 0.435 e. The molecule has 0 saturated carbocycles. The SMILES string of the molecule is CCc1nccnc1C(F)(F)F. The Bertz CT molecular complexity index is 270. The van der Waals surface area contributed by atoms with Gasteiger partial charge < -0.3 is 0 Å². The zero-order valence-corrected chi connectivity index (χ0v) is 6.39. The van der Waals surface area contributed by atoms with Gasteiger partial charge in [-0.05, 0) is 6.42 Å². The van der Waals surface area contributed by atoms with Gasteiger partial charge in [-0.25, -0.2) is 4.98 Å². The Morgan fingerprint density at radius 3 is 2.25 bits per heavy atom. The fourth-order valence-corrected chi connectivity index (χ4v) is 0.862. The first-order valence-electron chi connectivity index (χ1n) is 3.42. The summed E-state index contributed by atoms with van der Waals surface area (Å²) in [6, 6.07) is 0. The molecule has 12 heavy (non-hydrogen) atoms. The molecule has 0 amide bonds. The number of alkyl halides is 3. The highest BCUT2D eigenvalue weighted by molar-refractivity contribution is 5.13. The number of aryl methyl sites for hydroxylation is 1. The van der Waals surface area contributed by atoms with Crippen LogP contribution in [-0.4, -0.2) is 9.97 Å². The van der Waals surface area contributed by atoms with Gasteiger partial charge in [0.2, 0.25) is 0 Å². The number of aromatic nitrogens is 2. The number of hydrogen-bond donors (Lipinski definition) is 0. The van der Waals surface area contributed by atoms with Gasteiger partial charge in [0.1, 0.15) is 0 Å². The topological polar surface area (TPSA) is 25.8 Å². The molecule has 0 unspecified atom stereocenters. The Morgan fingerprint density at radius 2 is 1.83 bits per heavy atom. The highest BCUT2D eigenvalue weighted by atomic mass is 19.4. The molecule has 0 fully saturated rings. The molecule has 0 aliphatic carbocycles. The molecule has 0 aliphatic heterocycles. The molecule has 5 heteroatoms. The van der Waals surface area contributed by atoms with Crippen LogP contribution in [0.1, 0.15) is 18.3 Å². The van der Waals surface area contributed by atoms with Crippen LogP contribution in [0.4, 0.5) is 13.2 Å². The van der Waals surface area contributed by atoms with Crippen LogP contribution < -0.4 is 0 Å². The molecule has 1 rings (SSSR count). The van der Waals surface area contributed by atoms with E-state index in [0.717, 1.165) is 6.20 Å². The molecule has 66 valence electrons. The molecule has 1 aromatic rings. The summed E-state index contributed by atoms with van der Waals surface area (Å²) in [6.07, 6.45) is -1.85. The fraction of sp³-hybridized carbons (Fsp3) is 0.429. The lowest BCUT2D eigenvalue weighted by atomic mass is 10.2. The summed E-state index contributed by atoms with van der Waals surface area (Å²) in [4.78, 5) is 6.81. The van der Waals surface area contributed by atoms with Gasteiger partial charge >= 0.3 is 6.18 Å². The molecular weight excluding hydrogens is 169 g/mol. The molecule has 0 aromatic carbocycles. The predicted molar refractivity (Wildman–Crippen MR) is 36.4 cm³/mol. The Hall–Kier alpha value is -1.13. The van der Waals surface area contributed by atoms with Crippen LogP contribution in [0.2, 0.25) is 0 Å². The number of halogens is 3. The van der Waals surface area contributed by atoms with Gasteiger partial charge in [0.15, 0.2) is 5.69 Å². The van der Waals surface area contributed by atoms with Gasteiger partial charge in [-0.2, -0.15) is 13.2 Å². The van der Waals surface area contributed by atoms with E-state index in [-0.39, 0.29) is 12.1 Å².